The van der Waals surface area contributed by atoms with Crippen LogP contribution in [-0.4, -0.2) is 63.3 Å². The molecule has 1 atom stereocenters. The van der Waals surface area contributed by atoms with Gasteiger partial charge < -0.3 is 10.0 Å². The van der Waals surface area contributed by atoms with E-state index in [-0.39, 0.29) is 6.10 Å². The predicted molar refractivity (Wildman–Crippen MR) is 114 cm³/mol. The average Bonchev–Trinajstić information content (AvgIpc) is 3.18. The molecule has 0 aromatic carbocycles. The Bertz CT molecular complexity index is 806. The summed E-state index contributed by atoms with van der Waals surface area (Å²) in [6.45, 7) is 4.64. The summed E-state index contributed by atoms with van der Waals surface area (Å²) in [7, 11) is 0. The highest BCUT2D eigenvalue weighted by Crippen LogP contribution is 2.42. The van der Waals surface area contributed by atoms with E-state index >= 15 is 0 Å². The van der Waals surface area contributed by atoms with Crippen LogP contribution in [0, 0.1) is 5.41 Å². The van der Waals surface area contributed by atoms with Crippen LogP contribution in [0.5, 0.6) is 0 Å². The first-order chi connectivity index (χ1) is 14.2. The molecule has 0 amide bonds. The first-order valence-corrected chi connectivity index (χ1v) is 11.1. The van der Waals surface area contributed by atoms with Gasteiger partial charge in [-0.15, -0.1) is 0 Å². The minimum Gasteiger partial charge on any atom is -0.393 e. The van der Waals surface area contributed by atoms with Gasteiger partial charge in [-0.05, 0) is 63.6 Å². The number of nitrogens with zero attached hydrogens (tertiary/aromatic N) is 5. The largest absolute Gasteiger partial charge is 0.393 e. The number of anilines is 1. The molecule has 1 aliphatic carbocycles. The maximum Gasteiger partial charge on any atom is 0.128 e. The van der Waals surface area contributed by atoms with Crippen LogP contribution >= 0.6 is 0 Å². The van der Waals surface area contributed by atoms with E-state index in [9.17, 15) is 5.11 Å². The number of piperidine rings is 1. The first-order valence-electron chi connectivity index (χ1n) is 11.1. The fourth-order valence-corrected chi connectivity index (χ4v) is 5.63. The Morgan fingerprint density at radius 2 is 1.72 bits per heavy atom. The van der Waals surface area contributed by atoms with E-state index in [0.29, 0.717) is 11.5 Å². The van der Waals surface area contributed by atoms with Crippen molar-refractivity contribution in [1.82, 2.24) is 19.9 Å². The molecular formula is C23H31N5O. The zero-order chi connectivity index (χ0) is 19.7. The lowest BCUT2D eigenvalue weighted by Crippen LogP contribution is -2.46. The van der Waals surface area contributed by atoms with Gasteiger partial charge in [0.25, 0.3) is 0 Å². The topological polar surface area (TPSA) is 65.4 Å². The van der Waals surface area contributed by atoms with E-state index in [1.54, 1.807) is 6.33 Å². The summed E-state index contributed by atoms with van der Waals surface area (Å²) in [4.78, 5) is 18.2. The molecule has 6 heteroatoms. The van der Waals surface area contributed by atoms with Crippen molar-refractivity contribution in [2.24, 2.45) is 5.41 Å². The smallest absolute Gasteiger partial charge is 0.128 e. The maximum atomic E-state index is 9.83. The zero-order valence-electron chi connectivity index (χ0n) is 17.1. The van der Waals surface area contributed by atoms with Gasteiger partial charge in [-0.1, -0.05) is 0 Å². The number of likely N-dealkylation sites (tertiary alicyclic amines) is 1. The molecule has 1 spiro atoms. The molecule has 1 unspecified atom stereocenters. The molecule has 3 aliphatic rings. The normalized spacial score (nSPS) is 30.7. The second-order valence-corrected chi connectivity index (χ2v) is 9.24. The van der Waals surface area contributed by atoms with Gasteiger partial charge in [0.2, 0.25) is 0 Å². The van der Waals surface area contributed by atoms with Gasteiger partial charge in [-0.25, -0.2) is 15.0 Å². The number of rotatable bonds is 3. The summed E-state index contributed by atoms with van der Waals surface area (Å²) in [5.74, 6) is 1.09. The van der Waals surface area contributed by atoms with Gasteiger partial charge in [0.05, 0.1) is 6.10 Å². The Morgan fingerprint density at radius 3 is 2.48 bits per heavy atom. The molecule has 6 nitrogen and oxygen atoms in total. The number of aliphatic hydroxyl groups excluding tert-OH is 1. The van der Waals surface area contributed by atoms with Gasteiger partial charge >= 0.3 is 0 Å². The Hall–Kier alpha value is -2.05. The summed E-state index contributed by atoms with van der Waals surface area (Å²) in [6.07, 6.45) is 15.2. The van der Waals surface area contributed by atoms with Crippen LogP contribution in [0.15, 0.2) is 37.1 Å². The molecule has 0 bridgehead atoms. The van der Waals surface area contributed by atoms with Crippen LogP contribution < -0.4 is 4.90 Å². The highest BCUT2D eigenvalue weighted by atomic mass is 16.3. The highest BCUT2D eigenvalue weighted by Gasteiger charge is 2.43. The van der Waals surface area contributed by atoms with Crippen LogP contribution in [0.2, 0.25) is 0 Å². The number of aromatic nitrogens is 3. The third-order valence-electron chi connectivity index (χ3n) is 7.28. The van der Waals surface area contributed by atoms with Crippen molar-refractivity contribution >= 4 is 5.82 Å². The third kappa shape index (κ3) is 4.01. The minimum atomic E-state index is -0.0653. The van der Waals surface area contributed by atoms with E-state index in [0.717, 1.165) is 55.7 Å². The second kappa shape index (κ2) is 8.00. The SMILES string of the molecule is OC1CCC(N2CCC3(CCCN(c4ccc(-c5cncnc5)cn4)C3)C2)CC1. The first kappa shape index (κ1) is 18.9. The van der Waals surface area contributed by atoms with Gasteiger partial charge in [0.15, 0.2) is 0 Å². The maximum absolute atomic E-state index is 9.83. The molecule has 1 saturated carbocycles. The predicted octanol–water partition coefficient (Wildman–Crippen LogP) is 3.13. The van der Waals surface area contributed by atoms with Crippen molar-refractivity contribution in [1.29, 1.82) is 0 Å². The molecule has 4 heterocycles. The quantitative estimate of drug-likeness (QED) is 0.864. The lowest BCUT2D eigenvalue weighted by Gasteiger charge is -2.42. The van der Waals surface area contributed by atoms with Crippen molar-refractivity contribution in [3.05, 3.63) is 37.1 Å². The lowest BCUT2D eigenvalue weighted by molar-refractivity contribution is 0.0770. The standard InChI is InChI=1S/C23H31N5O/c29-21-5-3-20(4-6-21)27-11-9-23(15-27)8-1-10-28(16-23)22-7-2-18(14-26-22)19-12-24-17-25-13-19/h2,7,12-14,17,20-21,29H,1,3-6,8-11,15-16H2. The molecule has 2 saturated heterocycles. The van der Waals surface area contributed by atoms with Crippen LogP contribution in [0.4, 0.5) is 5.82 Å². The summed E-state index contributed by atoms with van der Waals surface area (Å²) < 4.78 is 0. The monoisotopic (exact) mass is 393 g/mol. The van der Waals surface area contributed by atoms with E-state index in [2.05, 4.69) is 31.9 Å². The summed E-state index contributed by atoms with van der Waals surface area (Å²) in [6, 6.07) is 4.96. The molecule has 3 fully saturated rings. The van der Waals surface area contributed by atoms with E-state index in [1.165, 1.54) is 32.4 Å². The van der Waals surface area contributed by atoms with Crippen LogP contribution in [0.1, 0.15) is 44.9 Å². The number of hydrogen-bond donors (Lipinski definition) is 1. The van der Waals surface area contributed by atoms with Crippen molar-refractivity contribution < 1.29 is 5.11 Å². The van der Waals surface area contributed by atoms with Gasteiger partial charge in [-0.3, -0.25) is 4.90 Å². The van der Waals surface area contributed by atoms with Gasteiger partial charge in [0.1, 0.15) is 12.1 Å². The molecule has 2 aromatic rings. The second-order valence-electron chi connectivity index (χ2n) is 9.24. The van der Waals surface area contributed by atoms with Crippen LogP contribution in [0.3, 0.4) is 0 Å². The molecule has 29 heavy (non-hydrogen) atoms. The van der Waals surface area contributed by atoms with Crippen molar-refractivity contribution in [3.8, 4) is 11.1 Å². The lowest BCUT2D eigenvalue weighted by atomic mass is 9.79. The summed E-state index contributed by atoms with van der Waals surface area (Å²) in [5.41, 5.74) is 2.47. The fraction of sp³-hybridized carbons (Fsp3) is 0.609. The average molecular weight is 394 g/mol. The molecule has 5 rings (SSSR count). The number of hydrogen-bond acceptors (Lipinski definition) is 6. The Kier molecular flexibility index (Phi) is 5.22. The Labute approximate surface area is 173 Å². The molecule has 0 radical (unpaired) electrons. The Balaban J connectivity index is 1.25. The molecule has 1 N–H and O–H groups in total. The van der Waals surface area contributed by atoms with Crippen LogP contribution in [-0.2, 0) is 0 Å². The summed E-state index contributed by atoms with van der Waals surface area (Å²) in [5, 5.41) is 9.83. The molecule has 2 aromatic heterocycles. The van der Waals surface area contributed by atoms with E-state index in [1.807, 2.05) is 18.6 Å². The van der Waals surface area contributed by atoms with E-state index < -0.39 is 0 Å². The third-order valence-corrected chi connectivity index (χ3v) is 7.28. The highest BCUT2D eigenvalue weighted by molar-refractivity contribution is 5.62. The Morgan fingerprint density at radius 1 is 0.897 bits per heavy atom. The number of aliphatic hydroxyl groups is 1. The molecule has 154 valence electrons. The van der Waals surface area contributed by atoms with Crippen molar-refractivity contribution in [2.45, 2.75) is 57.1 Å². The van der Waals surface area contributed by atoms with Crippen molar-refractivity contribution in [2.75, 3.05) is 31.1 Å². The molecule has 2 aliphatic heterocycles. The van der Waals surface area contributed by atoms with Gasteiger partial charge in [-0.2, -0.15) is 0 Å². The van der Waals surface area contributed by atoms with Gasteiger partial charge in [0, 0.05) is 60.8 Å². The zero-order valence-corrected chi connectivity index (χ0v) is 17.1. The van der Waals surface area contributed by atoms with E-state index in [4.69, 9.17) is 4.98 Å². The molecular weight excluding hydrogens is 362 g/mol. The van der Waals surface area contributed by atoms with Crippen molar-refractivity contribution in [3.63, 3.8) is 0 Å². The number of pyridine rings is 1. The fourth-order valence-electron chi connectivity index (χ4n) is 5.63. The minimum absolute atomic E-state index is 0.0653. The van der Waals surface area contributed by atoms with Crippen LogP contribution in [0.25, 0.3) is 11.1 Å². The summed E-state index contributed by atoms with van der Waals surface area (Å²) >= 11 is 0.